The summed E-state index contributed by atoms with van der Waals surface area (Å²) in [6.45, 7) is 6.28. The van der Waals surface area contributed by atoms with Gasteiger partial charge in [-0.25, -0.2) is 0 Å². The van der Waals surface area contributed by atoms with E-state index in [0.29, 0.717) is 11.7 Å². The summed E-state index contributed by atoms with van der Waals surface area (Å²) in [4.78, 5) is 0. The standard InChI is InChI=1S/C11H21N3OS/c1-9(2)6-5-7-16(15)8-11-13-12-10(3)14(11)4/h9H,5-8H2,1-4H3/t16-/m1/s1. The predicted molar refractivity (Wildman–Crippen MR) is 66.5 cm³/mol. The third-order valence-corrected chi connectivity index (χ3v) is 3.95. The largest absolute Gasteiger partial charge is 0.318 e. The number of hydrogen-bond acceptors (Lipinski definition) is 3. The van der Waals surface area contributed by atoms with Crippen molar-refractivity contribution in [3.63, 3.8) is 0 Å². The minimum atomic E-state index is -0.808. The average Bonchev–Trinajstić information content (AvgIpc) is 2.49. The molecule has 0 N–H and O–H groups in total. The van der Waals surface area contributed by atoms with E-state index in [9.17, 15) is 4.21 Å². The van der Waals surface area contributed by atoms with E-state index in [-0.39, 0.29) is 0 Å². The number of aromatic nitrogens is 3. The lowest BCUT2D eigenvalue weighted by Crippen LogP contribution is -2.07. The fraction of sp³-hybridized carbons (Fsp3) is 0.818. The zero-order chi connectivity index (χ0) is 12.1. The van der Waals surface area contributed by atoms with Crippen LogP contribution in [0.1, 0.15) is 38.3 Å². The van der Waals surface area contributed by atoms with Gasteiger partial charge in [-0.2, -0.15) is 0 Å². The smallest absolute Gasteiger partial charge is 0.145 e. The van der Waals surface area contributed by atoms with Gasteiger partial charge in [0.15, 0.2) is 0 Å². The first kappa shape index (κ1) is 13.4. The molecule has 4 nitrogen and oxygen atoms in total. The van der Waals surface area contributed by atoms with Crippen molar-refractivity contribution < 1.29 is 4.21 Å². The van der Waals surface area contributed by atoms with Crippen LogP contribution in [-0.2, 0) is 23.6 Å². The molecule has 0 amide bonds. The quantitative estimate of drug-likeness (QED) is 0.765. The molecule has 1 aromatic rings. The van der Waals surface area contributed by atoms with Crippen molar-refractivity contribution in [3.05, 3.63) is 11.6 Å². The third-order valence-electron chi connectivity index (χ3n) is 2.63. The minimum absolute atomic E-state index is 0.523. The van der Waals surface area contributed by atoms with Gasteiger partial charge in [-0.15, -0.1) is 10.2 Å². The highest BCUT2D eigenvalue weighted by atomic mass is 32.2. The summed E-state index contributed by atoms with van der Waals surface area (Å²) >= 11 is 0. The fourth-order valence-electron chi connectivity index (χ4n) is 1.45. The molecular weight excluding hydrogens is 222 g/mol. The summed E-state index contributed by atoms with van der Waals surface area (Å²) < 4.78 is 13.7. The van der Waals surface area contributed by atoms with Gasteiger partial charge >= 0.3 is 0 Å². The molecule has 0 aliphatic carbocycles. The van der Waals surface area contributed by atoms with Crippen LogP contribution in [0.25, 0.3) is 0 Å². The van der Waals surface area contributed by atoms with E-state index in [4.69, 9.17) is 0 Å². The van der Waals surface area contributed by atoms with E-state index in [2.05, 4.69) is 24.0 Å². The van der Waals surface area contributed by atoms with Crippen molar-refractivity contribution in [3.8, 4) is 0 Å². The Kier molecular flexibility index (Phi) is 5.12. The molecule has 0 spiro atoms. The third kappa shape index (κ3) is 4.04. The van der Waals surface area contributed by atoms with Crippen LogP contribution in [0.15, 0.2) is 0 Å². The maximum Gasteiger partial charge on any atom is 0.145 e. The number of aryl methyl sites for hydroxylation is 1. The first-order valence-electron chi connectivity index (χ1n) is 5.70. The Bertz CT molecular complexity index is 360. The van der Waals surface area contributed by atoms with Crippen LogP contribution in [0, 0.1) is 12.8 Å². The average molecular weight is 243 g/mol. The molecular formula is C11H21N3OS. The summed E-state index contributed by atoms with van der Waals surface area (Å²) in [6.07, 6.45) is 2.17. The molecule has 92 valence electrons. The van der Waals surface area contributed by atoms with Crippen molar-refractivity contribution in [2.24, 2.45) is 13.0 Å². The highest BCUT2D eigenvalue weighted by molar-refractivity contribution is 7.84. The topological polar surface area (TPSA) is 47.8 Å². The van der Waals surface area contributed by atoms with Gasteiger partial charge in [0.2, 0.25) is 0 Å². The minimum Gasteiger partial charge on any atom is -0.318 e. The molecule has 0 saturated carbocycles. The molecule has 0 saturated heterocycles. The monoisotopic (exact) mass is 243 g/mol. The molecule has 5 heteroatoms. The van der Waals surface area contributed by atoms with Crippen LogP contribution < -0.4 is 0 Å². The second kappa shape index (κ2) is 6.13. The lowest BCUT2D eigenvalue weighted by molar-refractivity contribution is 0.575. The number of rotatable bonds is 6. The Morgan fingerprint density at radius 1 is 1.38 bits per heavy atom. The molecule has 0 fully saturated rings. The molecule has 1 rings (SSSR count). The van der Waals surface area contributed by atoms with E-state index < -0.39 is 10.8 Å². The van der Waals surface area contributed by atoms with Gasteiger partial charge in [0.25, 0.3) is 0 Å². The zero-order valence-electron chi connectivity index (χ0n) is 10.6. The molecule has 1 atom stereocenters. The Morgan fingerprint density at radius 2 is 2.06 bits per heavy atom. The Morgan fingerprint density at radius 3 is 2.56 bits per heavy atom. The van der Waals surface area contributed by atoms with E-state index in [0.717, 1.165) is 30.2 Å². The Balaban J connectivity index is 2.37. The summed E-state index contributed by atoms with van der Waals surface area (Å²) in [7, 11) is 1.10. The maximum atomic E-state index is 11.8. The van der Waals surface area contributed by atoms with Crippen molar-refractivity contribution in [1.29, 1.82) is 0 Å². The summed E-state index contributed by atoms with van der Waals surface area (Å²) in [5, 5.41) is 7.97. The van der Waals surface area contributed by atoms with Gasteiger partial charge in [-0.1, -0.05) is 20.3 Å². The molecule has 16 heavy (non-hydrogen) atoms. The van der Waals surface area contributed by atoms with Gasteiger partial charge in [0.05, 0.1) is 5.75 Å². The highest BCUT2D eigenvalue weighted by Crippen LogP contribution is 2.07. The molecule has 0 aromatic carbocycles. The maximum absolute atomic E-state index is 11.8. The molecule has 1 heterocycles. The molecule has 0 bridgehead atoms. The summed E-state index contributed by atoms with van der Waals surface area (Å²) in [6, 6.07) is 0. The molecule has 0 unspecified atom stereocenters. The van der Waals surface area contributed by atoms with Crippen LogP contribution in [0.2, 0.25) is 0 Å². The van der Waals surface area contributed by atoms with Crippen LogP contribution in [-0.4, -0.2) is 24.7 Å². The molecule has 1 aromatic heterocycles. The second-order valence-corrected chi connectivity index (χ2v) is 6.12. The second-order valence-electron chi connectivity index (χ2n) is 4.55. The normalized spacial score (nSPS) is 13.3. The van der Waals surface area contributed by atoms with Gasteiger partial charge in [-0.05, 0) is 19.3 Å². The predicted octanol–water partition coefficient (Wildman–Crippen LogP) is 1.81. The SMILES string of the molecule is Cc1nnc(C[S@](=O)CCCC(C)C)n1C. The van der Waals surface area contributed by atoms with Crippen molar-refractivity contribution in [1.82, 2.24) is 14.8 Å². The van der Waals surface area contributed by atoms with E-state index in [1.807, 2.05) is 18.5 Å². The van der Waals surface area contributed by atoms with Gasteiger partial charge < -0.3 is 4.57 Å². The molecule has 0 aliphatic heterocycles. The summed E-state index contributed by atoms with van der Waals surface area (Å²) in [5.41, 5.74) is 0. The lowest BCUT2D eigenvalue weighted by Gasteiger charge is -2.04. The van der Waals surface area contributed by atoms with Crippen molar-refractivity contribution in [2.45, 2.75) is 39.4 Å². The summed E-state index contributed by atoms with van der Waals surface area (Å²) in [5.74, 6) is 3.67. The first-order chi connectivity index (χ1) is 7.50. The van der Waals surface area contributed by atoms with E-state index in [1.165, 1.54) is 0 Å². The number of nitrogens with zero attached hydrogens (tertiary/aromatic N) is 3. The first-order valence-corrected chi connectivity index (χ1v) is 7.19. The van der Waals surface area contributed by atoms with Gasteiger partial charge in [-0.3, -0.25) is 4.21 Å². The van der Waals surface area contributed by atoms with Crippen LogP contribution in [0.5, 0.6) is 0 Å². The van der Waals surface area contributed by atoms with E-state index >= 15 is 0 Å². The van der Waals surface area contributed by atoms with Crippen LogP contribution >= 0.6 is 0 Å². The lowest BCUT2D eigenvalue weighted by atomic mass is 10.1. The van der Waals surface area contributed by atoms with Crippen molar-refractivity contribution in [2.75, 3.05) is 5.75 Å². The number of hydrogen-bond donors (Lipinski definition) is 0. The van der Waals surface area contributed by atoms with Crippen molar-refractivity contribution >= 4 is 10.8 Å². The molecule has 0 aliphatic rings. The Hall–Kier alpha value is -0.710. The van der Waals surface area contributed by atoms with E-state index in [1.54, 1.807) is 0 Å². The zero-order valence-corrected chi connectivity index (χ0v) is 11.4. The highest BCUT2D eigenvalue weighted by Gasteiger charge is 2.09. The van der Waals surface area contributed by atoms with Gasteiger partial charge in [0.1, 0.15) is 11.6 Å². The Labute approximate surface area is 99.9 Å². The fourth-order valence-corrected chi connectivity index (χ4v) is 2.62. The van der Waals surface area contributed by atoms with Gasteiger partial charge in [0, 0.05) is 23.6 Å². The van der Waals surface area contributed by atoms with Crippen LogP contribution in [0.4, 0.5) is 0 Å². The molecule has 0 radical (unpaired) electrons. The van der Waals surface area contributed by atoms with Crippen LogP contribution in [0.3, 0.4) is 0 Å².